The summed E-state index contributed by atoms with van der Waals surface area (Å²) in [5.41, 5.74) is 0.873. The van der Waals surface area contributed by atoms with Crippen molar-refractivity contribution in [2.75, 3.05) is 45.8 Å². The Morgan fingerprint density at radius 2 is 1.46 bits per heavy atom. The van der Waals surface area contributed by atoms with Crippen LogP contribution in [0.5, 0.6) is 0 Å². The molecule has 0 bridgehead atoms. The second-order valence-electron chi connectivity index (χ2n) is 7.25. The zero-order valence-corrected chi connectivity index (χ0v) is 15.9. The Morgan fingerprint density at radius 1 is 0.821 bits per heavy atom. The fourth-order valence-corrected chi connectivity index (χ4v) is 3.65. The maximum Gasteiger partial charge on any atom is 0.246 e. The number of hydrogen-bond acceptors (Lipinski definition) is 6. The van der Waals surface area contributed by atoms with Gasteiger partial charge < -0.3 is 9.80 Å². The summed E-state index contributed by atoms with van der Waals surface area (Å²) in [6.45, 7) is 4.95. The molecule has 9 nitrogen and oxygen atoms in total. The molecule has 0 atom stereocenters. The maximum atomic E-state index is 12.6. The quantitative estimate of drug-likeness (QED) is 0.728. The maximum absolute atomic E-state index is 12.6. The normalized spacial score (nSPS) is 17.9. The van der Waals surface area contributed by atoms with Crippen molar-refractivity contribution in [3.63, 3.8) is 0 Å². The lowest BCUT2D eigenvalue weighted by molar-refractivity contribution is -0.135. The highest BCUT2D eigenvalue weighted by molar-refractivity contribution is 5.78. The van der Waals surface area contributed by atoms with E-state index in [2.05, 4.69) is 20.3 Å². The van der Waals surface area contributed by atoms with Crippen molar-refractivity contribution in [3.8, 4) is 11.4 Å². The molecule has 0 aliphatic carbocycles. The van der Waals surface area contributed by atoms with E-state index in [1.54, 1.807) is 0 Å². The SMILES string of the molecule is O=C(CN1CCN(C(=O)Cn2nnc(-c3ccccc3)n2)CC1)N1CCCC1. The van der Waals surface area contributed by atoms with Gasteiger partial charge >= 0.3 is 0 Å². The predicted octanol–water partition coefficient (Wildman–Crippen LogP) is 0.107. The molecule has 2 fully saturated rings. The predicted molar refractivity (Wildman–Crippen MR) is 102 cm³/mol. The molecule has 148 valence electrons. The lowest BCUT2D eigenvalue weighted by Crippen LogP contribution is -2.52. The van der Waals surface area contributed by atoms with Gasteiger partial charge in [-0.05, 0) is 18.1 Å². The number of nitrogens with zero attached hydrogens (tertiary/aromatic N) is 7. The summed E-state index contributed by atoms with van der Waals surface area (Å²) in [6.07, 6.45) is 2.21. The van der Waals surface area contributed by atoms with Crippen molar-refractivity contribution in [2.24, 2.45) is 0 Å². The molecule has 1 aromatic carbocycles. The first-order valence-electron chi connectivity index (χ1n) is 9.80. The number of carbonyl (C=O) groups is 2. The molecule has 28 heavy (non-hydrogen) atoms. The summed E-state index contributed by atoms with van der Waals surface area (Å²) in [4.78, 5) is 32.0. The smallest absolute Gasteiger partial charge is 0.246 e. The molecule has 0 radical (unpaired) electrons. The molecule has 4 rings (SSSR count). The van der Waals surface area contributed by atoms with E-state index in [9.17, 15) is 9.59 Å². The Bertz CT molecular complexity index is 809. The van der Waals surface area contributed by atoms with E-state index in [0.717, 1.165) is 31.5 Å². The first kappa shape index (κ1) is 18.5. The highest BCUT2D eigenvalue weighted by Crippen LogP contribution is 2.12. The molecule has 2 aliphatic heterocycles. The number of carbonyl (C=O) groups excluding carboxylic acids is 2. The number of aromatic nitrogens is 4. The fourth-order valence-electron chi connectivity index (χ4n) is 3.65. The lowest BCUT2D eigenvalue weighted by Gasteiger charge is -2.34. The molecule has 2 aromatic rings. The highest BCUT2D eigenvalue weighted by atomic mass is 16.2. The van der Waals surface area contributed by atoms with Crippen molar-refractivity contribution >= 4 is 11.8 Å². The molecule has 0 unspecified atom stereocenters. The minimum absolute atomic E-state index is 0.0254. The summed E-state index contributed by atoms with van der Waals surface area (Å²) < 4.78 is 0. The van der Waals surface area contributed by atoms with Crippen LogP contribution in [0.25, 0.3) is 11.4 Å². The van der Waals surface area contributed by atoms with Crippen LogP contribution in [0.1, 0.15) is 12.8 Å². The minimum atomic E-state index is -0.0254. The van der Waals surface area contributed by atoms with Gasteiger partial charge in [0.2, 0.25) is 17.6 Å². The molecule has 1 aromatic heterocycles. The van der Waals surface area contributed by atoms with Gasteiger partial charge in [-0.15, -0.1) is 10.2 Å². The summed E-state index contributed by atoms with van der Waals surface area (Å²) >= 11 is 0. The molecule has 0 spiro atoms. The summed E-state index contributed by atoms with van der Waals surface area (Å²) in [5, 5.41) is 12.3. The van der Waals surface area contributed by atoms with E-state index in [1.807, 2.05) is 40.1 Å². The largest absolute Gasteiger partial charge is 0.342 e. The molecular weight excluding hydrogens is 358 g/mol. The second kappa shape index (κ2) is 8.47. The van der Waals surface area contributed by atoms with E-state index in [0.29, 0.717) is 38.5 Å². The van der Waals surface area contributed by atoms with Gasteiger partial charge in [-0.2, -0.15) is 4.80 Å². The van der Waals surface area contributed by atoms with Gasteiger partial charge in [-0.1, -0.05) is 30.3 Å². The number of rotatable bonds is 5. The summed E-state index contributed by atoms with van der Waals surface area (Å²) in [5.74, 6) is 0.693. The third kappa shape index (κ3) is 4.36. The van der Waals surface area contributed by atoms with E-state index in [1.165, 1.54) is 4.80 Å². The van der Waals surface area contributed by atoms with Gasteiger partial charge in [0.1, 0.15) is 6.54 Å². The van der Waals surface area contributed by atoms with Crippen LogP contribution >= 0.6 is 0 Å². The van der Waals surface area contributed by atoms with Crippen LogP contribution in [0, 0.1) is 0 Å². The minimum Gasteiger partial charge on any atom is -0.342 e. The van der Waals surface area contributed by atoms with Crippen LogP contribution in [0.4, 0.5) is 0 Å². The van der Waals surface area contributed by atoms with Gasteiger partial charge in [0, 0.05) is 44.8 Å². The highest BCUT2D eigenvalue weighted by Gasteiger charge is 2.25. The average molecular weight is 383 g/mol. The van der Waals surface area contributed by atoms with Gasteiger partial charge in [0.25, 0.3) is 0 Å². The molecule has 3 heterocycles. The standard InChI is InChI=1S/C19H25N7O2/c27-17(24-8-4-5-9-24)14-23-10-12-25(13-11-23)18(28)15-26-21-19(20-22-26)16-6-2-1-3-7-16/h1-3,6-7H,4-5,8-15H2. The first-order chi connectivity index (χ1) is 13.7. The third-order valence-electron chi connectivity index (χ3n) is 5.30. The monoisotopic (exact) mass is 383 g/mol. The number of likely N-dealkylation sites (tertiary alicyclic amines) is 1. The zero-order chi connectivity index (χ0) is 19.3. The Morgan fingerprint density at radius 3 is 2.18 bits per heavy atom. The number of benzene rings is 1. The zero-order valence-electron chi connectivity index (χ0n) is 15.9. The third-order valence-corrected chi connectivity index (χ3v) is 5.30. The van der Waals surface area contributed by atoms with Crippen LogP contribution in [-0.2, 0) is 16.1 Å². The molecule has 2 aliphatic rings. The molecular formula is C19H25N7O2. The first-order valence-corrected chi connectivity index (χ1v) is 9.80. The van der Waals surface area contributed by atoms with E-state index in [-0.39, 0.29) is 18.4 Å². The van der Waals surface area contributed by atoms with Crippen molar-refractivity contribution in [1.82, 2.24) is 34.9 Å². The molecule has 9 heteroatoms. The van der Waals surface area contributed by atoms with Crippen LogP contribution in [0.3, 0.4) is 0 Å². The number of piperazine rings is 1. The van der Waals surface area contributed by atoms with Gasteiger partial charge in [-0.25, -0.2) is 0 Å². The Labute approximate surface area is 163 Å². The molecule has 2 saturated heterocycles. The van der Waals surface area contributed by atoms with Crippen molar-refractivity contribution in [3.05, 3.63) is 30.3 Å². The van der Waals surface area contributed by atoms with Gasteiger partial charge in [0.05, 0.1) is 6.54 Å². The van der Waals surface area contributed by atoms with Crippen LogP contribution in [-0.4, -0.2) is 92.5 Å². The topological polar surface area (TPSA) is 87.5 Å². The van der Waals surface area contributed by atoms with E-state index < -0.39 is 0 Å². The van der Waals surface area contributed by atoms with Crippen LogP contribution in [0.2, 0.25) is 0 Å². The van der Waals surface area contributed by atoms with Crippen molar-refractivity contribution < 1.29 is 9.59 Å². The Kier molecular flexibility index (Phi) is 5.61. The number of amides is 2. The second-order valence-corrected chi connectivity index (χ2v) is 7.25. The van der Waals surface area contributed by atoms with Crippen LogP contribution < -0.4 is 0 Å². The molecule has 0 saturated carbocycles. The Hall–Kier alpha value is -2.81. The summed E-state index contributed by atoms with van der Waals surface area (Å²) in [6, 6.07) is 9.57. The number of hydrogen-bond donors (Lipinski definition) is 0. The van der Waals surface area contributed by atoms with Gasteiger partial charge in [-0.3, -0.25) is 14.5 Å². The van der Waals surface area contributed by atoms with E-state index >= 15 is 0 Å². The van der Waals surface area contributed by atoms with Gasteiger partial charge in [0.15, 0.2) is 0 Å². The van der Waals surface area contributed by atoms with E-state index in [4.69, 9.17) is 0 Å². The Balaban J connectivity index is 1.25. The van der Waals surface area contributed by atoms with Crippen molar-refractivity contribution in [1.29, 1.82) is 0 Å². The molecule has 0 N–H and O–H groups in total. The summed E-state index contributed by atoms with van der Waals surface area (Å²) in [7, 11) is 0. The fraction of sp³-hybridized carbons (Fsp3) is 0.526. The number of tetrazole rings is 1. The lowest BCUT2D eigenvalue weighted by atomic mass is 10.2. The molecule has 2 amide bonds. The van der Waals surface area contributed by atoms with Crippen molar-refractivity contribution in [2.45, 2.75) is 19.4 Å². The van der Waals surface area contributed by atoms with Crippen LogP contribution in [0.15, 0.2) is 30.3 Å². The average Bonchev–Trinajstić information content (AvgIpc) is 3.41.